The molecule has 20 heavy (non-hydrogen) atoms. The number of halogens is 2. The van der Waals surface area contributed by atoms with E-state index in [2.05, 4.69) is 51.0 Å². The molecule has 0 radical (unpaired) electrons. The van der Waals surface area contributed by atoms with Crippen molar-refractivity contribution >= 4 is 48.5 Å². The molecule has 1 heterocycles. The fourth-order valence-electron chi connectivity index (χ4n) is 2.22. The van der Waals surface area contributed by atoms with E-state index in [4.69, 9.17) is 9.72 Å². The quantitative estimate of drug-likeness (QED) is 0.763. The first-order chi connectivity index (χ1) is 9.51. The van der Waals surface area contributed by atoms with Crippen LogP contribution in [0.25, 0.3) is 10.9 Å². The van der Waals surface area contributed by atoms with E-state index >= 15 is 0 Å². The number of methoxy groups -OCH3 is 1. The van der Waals surface area contributed by atoms with Crippen LogP contribution in [0.4, 0.5) is 5.69 Å². The highest BCUT2D eigenvalue weighted by Gasteiger charge is 2.18. The summed E-state index contributed by atoms with van der Waals surface area (Å²) in [6.07, 6.45) is 1.07. The summed E-state index contributed by atoms with van der Waals surface area (Å²) in [5, 5.41) is 4.53. The molecule has 0 saturated carbocycles. The van der Waals surface area contributed by atoms with E-state index in [1.165, 1.54) is 0 Å². The summed E-state index contributed by atoms with van der Waals surface area (Å²) >= 11 is 7.16. The number of anilines is 1. The molecule has 0 atom stereocenters. The van der Waals surface area contributed by atoms with Crippen LogP contribution in [0, 0.1) is 13.8 Å². The molecule has 0 fully saturated rings. The first-order valence-corrected chi connectivity index (χ1v) is 8.16. The molecule has 3 nitrogen and oxygen atoms in total. The van der Waals surface area contributed by atoms with Crippen LogP contribution in [0.2, 0.25) is 0 Å². The molecular weight excluding hydrogens is 384 g/mol. The highest BCUT2D eigenvalue weighted by Crippen LogP contribution is 2.42. The molecule has 1 aromatic carbocycles. The Morgan fingerprint density at radius 3 is 2.55 bits per heavy atom. The lowest BCUT2D eigenvalue weighted by Crippen LogP contribution is -2.06. The molecule has 0 amide bonds. The molecule has 2 aromatic rings. The second-order valence-corrected chi connectivity index (χ2v) is 6.43. The zero-order valence-electron chi connectivity index (χ0n) is 12.1. The maximum Gasteiger partial charge on any atom is 0.144 e. The summed E-state index contributed by atoms with van der Waals surface area (Å²) in [4.78, 5) is 4.71. The largest absolute Gasteiger partial charge is 0.495 e. The third-order valence-electron chi connectivity index (χ3n) is 3.36. The van der Waals surface area contributed by atoms with Gasteiger partial charge in [0.15, 0.2) is 0 Å². The van der Waals surface area contributed by atoms with Crippen molar-refractivity contribution < 1.29 is 4.74 Å². The van der Waals surface area contributed by atoms with Gasteiger partial charge >= 0.3 is 0 Å². The Morgan fingerprint density at radius 1 is 1.25 bits per heavy atom. The van der Waals surface area contributed by atoms with Gasteiger partial charge in [0.2, 0.25) is 0 Å². The van der Waals surface area contributed by atoms with Crippen molar-refractivity contribution in [2.45, 2.75) is 27.2 Å². The third-order valence-corrected chi connectivity index (χ3v) is 4.56. The van der Waals surface area contributed by atoms with E-state index in [1.54, 1.807) is 7.11 Å². The van der Waals surface area contributed by atoms with Crippen molar-refractivity contribution in [2.24, 2.45) is 0 Å². The number of aryl methyl sites for hydroxylation is 1. The van der Waals surface area contributed by atoms with Crippen LogP contribution in [0.3, 0.4) is 0 Å². The maximum atomic E-state index is 5.58. The minimum Gasteiger partial charge on any atom is -0.495 e. The fraction of sp³-hybridized carbons (Fsp3) is 0.400. The van der Waals surface area contributed by atoms with E-state index < -0.39 is 0 Å². The third kappa shape index (κ3) is 2.66. The number of ether oxygens (including phenoxy) is 1. The Kier molecular flexibility index (Phi) is 4.91. The van der Waals surface area contributed by atoms with Crippen LogP contribution in [0.1, 0.15) is 24.6 Å². The molecule has 5 heteroatoms. The molecule has 108 valence electrons. The van der Waals surface area contributed by atoms with Crippen molar-refractivity contribution in [2.75, 3.05) is 19.0 Å². The van der Waals surface area contributed by atoms with Gasteiger partial charge in [-0.2, -0.15) is 0 Å². The van der Waals surface area contributed by atoms with Gasteiger partial charge in [-0.1, -0.05) is 6.92 Å². The Hall–Kier alpha value is -0.810. The van der Waals surface area contributed by atoms with Crippen molar-refractivity contribution in [3.8, 4) is 5.75 Å². The van der Waals surface area contributed by atoms with Crippen molar-refractivity contribution in [3.63, 3.8) is 0 Å². The number of hydrogen-bond donors (Lipinski definition) is 1. The zero-order valence-corrected chi connectivity index (χ0v) is 15.3. The van der Waals surface area contributed by atoms with E-state index in [0.717, 1.165) is 55.5 Å². The van der Waals surface area contributed by atoms with Crippen LogP contribution in [0.15, 0.2) is 15.0 Å². The van der Waals surface area contributed by atoms with Crippen LogP contribution >= 0.6 is 31.9 Å². The van der Waals surface area contributed by atoms with Crippen LogP contribution in [-0.2, 0) is 0 Å². The van der Waals surface area contributed by atoms with E-state index in [0.29, 0.717) is 0 Å². The predicted octanol–water partition coefficient (Wildman–Crippen LogP) is 5.21. The molecule has 2 rings (SSSR count). The van der Waals surface area contributed by atoms with Gasteiger partial charge in [0.1, 0.15) is 5.75 Å². The molecule has 1 N–H and O–H groups in total. The number of hydrogen-bond acceptors (Lipinski definition) is 3. The van der Waals surface area contributed by atoms with Crippen LogP contribution < -0.4 is 10.1 Å². The van der Waals surface area contributed by atoms with Gasteiger partial charge in [0.05, 0.1) is 28.2 Å². The number of nitrogens with zero attached hydrogens (tertiary/aromatic N) is 1. The van der Waals surface area contributed by atoms with Gasteiger partial charge in [-0.25, -0.2) is 0 Å². The Labute approximate surface area is 136 Å². The summed E-state index contributed by atoms with van der Waals surface area (Å²) in [5.41, 5.74) is 4.22. The lowest BCUT2D eigenvalue weighted by Gasteiger charge is -2.18. The number of pyridine rings is 1. The van der Waals surface area contributed by atoms with Crippen LogP contribution in [0.5, 0.6) is 5.75 Å². The topological polar surface area (TPSA) is 34.2 Å². The molecule has 0 bridgehead atoms. The minimum absolute atomic E-state index is 0.817. The second kappa shape index (κ2) is 6.31. The zero-order chi connectivity index (χ0) is 14.9. The molecule has 0 aliphatic heterocycles. The number of rotatable bonds is 4. The number of fused-ring (bicyclic) bond motifs is 1. The molecule has 1 aromatic heterocycles. The van der Waals surface area contributed by atoms with Gasteiger partial charge in [0.25, 0.3) is 0 Å². The molecular formula is C15H18Br2N2O. The fourth-order valence-corrected chi connectivity index (χ4v) is 3.64. The highest BCUT2D eigenvalue weighted by molar-refractivity contribution is 9.11. The first-order valence-electron chi connectivity index (χ1n) is 6.58. The molecule has 0 unspecified atom stereocenters. The number of aromatic nitrogens is 1. The molecule has 0 spiro atoms. The maximum absolute atomic E-state index is 5.58. The SMILES string of the molecule is CCCNc1c(C)c(C)nc2c(Br)cc(Br)c(OC)c12. The average molecular weight is 402 g/mol. The molecule has 0 saturated heterocycles. The van der Waals surface area contributed by atoms with Crippen LogP contribution in [-0.4, -0.2) is 18.6 Å². The van der Waals surface area contributed by atoms with E-state index in [-0.39, 0.29) is 0 Å². The Morgan fingerprint density at radius 2 is 1.95 bits per heavy atom. The van der Waals surface area contributed by atoms with Gasteiger partial charge in [0, 0.05) is 16.7 Å². The Bertz CT molecular complexity index is 656. The normalized spacial score (nSPS) is 10.9. The average Bonchev–Trinajstić information content (AvgIpc) is 2.41. The Balaban J connectivity index is 2.88. The number of nitrogens with one attached hydrogen (secondary N) is 1. The minimum atomic E-state index is 0.817. The summed E-state index contributed by atoms with van der Waals surface area (Å²) in [6, 6.07) is 1.98. The van der Waals surface area contributed by atoms with E-state index in [9.17, 15) is 0 Å². The lowest BCUT2D eigenvalue weighted by atomic mass is 10.1. The summed E-state index contributed by atoms with van der Waals surface area (Å²) < 4.78 is 7.46. The summed E-state index contributed by atoms with van der Waals surface area (Å²) in [7, 11) is 1.69. The van der Waals surface area contributed by atoms with Gasteiger partial charge in [-0.3, -0.25) is 4.98 Å². The van der Waals surface area contributed by atoms with Gasteiger partial charge in [-0.05, 0) is 63.8 Å². The number of benzene rings is 1. The summed E-state index contributed by atoms with van der Waals surface area (Å²) in [5.74, 6) is 0.817. The van der Waals surface area contributed by atoms with Gasteiger partial charge in [-0.15, -0.1) is 0 Å². The van der Waals surface area contributed by atoms with Crippen molar-refractivity contribution in [1.29, 1.82) is 0 Å². The second-order valence-electron chi connectivity index (χ2n) is 4.72. The van der Waals surface area contributed by atoms with Gasteiger partial charge < -0.3 is 10.1 Å². The molecule has 0 aliphatic rings. The monoisotopic (exact) mass is 400 g/mol. The van der Waals surface area contributed by atoms with E-state index in [1.807, 2.05) is 13.0 Å². The standard InChI is InChI=1S/C15H18Br2N2O/c1-5-6-18-13-8(2)9(3)19-14-10(16)7-11(17)15(20-4)12(13)14/h7H,5-6H2,1-4H3,(H,18,19). The first kappa shape index (κ1) is 15.6. The highest BCUT2D eigenvalue weighted by atomic mass is 79.9. The predicted molar refractivity (Wildman–Crippen MR) is 91.9 cm³/mol. The summed E-state index contributed by atoms with van der Waals surface area (Å²) in [6.45, 7) is 7.20. The smallest absolute Gasteiger partial charge is 0.144 e. The molecule has 0 aliphatic carbocycles. The lowest BCUT2D eigenvalue weighted by molar-refractivity contribution is 0.417. The van der Waals surface area contributed by atoms with Crippen molar-refractivity contribution in [3.05, 3.63) is 26.3 Å². The van der Waals surface area contributed by atoms with Crippen molar-refractivity contribution in [1.82, 2.24) is 4.98 Å².